The van der Waals surface area contributed by atoms with E-state index in [-0.39, 0.29) is 16.9 Å². The molecule has 1 aromatic carbocycles. The Morgan fingerprint density at radius 2 is 1.57 bits per heavy atom. The first kappa shape index (κ1) is 28.5. The van der Waals surface area contributed by atoms with E-state index in [9.17, 15) is 4.79 Å². The topological polar surface area (TPSA) is 52.3 Å². The molecule has 5 aliphatic rings. The second-order valence-electron chi connectivity index (χ2n) is 16.5. The Labute approximate surface area is 244 Å². The molecule has 0 aliphatic heterocycles. The fourth-order valence-electron chi connectivity index (χ4n) is 12.5. The third-order valence-electron chi connectivity index (χ3n) is 14.6. The van der Waals surface area contributed by atoms with Crippen LogP contribution in [-0.4, -0.2) is 18.6 Å². The van der Waals surface area contributed by atoms with Crippen molar-refractivity contribution in [3.63, 3.8) is 0 Å². The maximum atomic E-state index is 12.0. The van der Waals surface area contributed by atoms with Crippen molar-refractivity contribution in [2.75, 3.05) is 7.11 Å². The SMILES string of the molecule is COC(=O)c1ccc(C2=CC[C@@]3(C)C(CC[C@]4(C)C3CC[C@@H]3C5[C@H](C(C)C)CC[C@]5(N)CC[C@]34C)C2(C)C)cc1. The van der Waals surface area contributed by atoms with Crippen LogP contribution >= 0.6 is 0 Å². The van der Waals surface area contributed by atoms with Crippen LogP contribution in [-0.2, 0) is 4.74 Å². The number of ether oxygens (including phenoxy) is 1. The molecule has 3 unspecified atom stereocenters. The minimum atomic E-state index is -0.265. The zero-order valence-corrected chi connectivity index (χ0v) is 26.6. The van der Waals surface area contributed by atoms with Gasteiger partial charge in [-0.25, -0.2) is 4.79 Å². The lowest BCUT2D eigenvalue weighted by atomic mass is 9.33. The lowest BCUT2D eigenvalue weighted by Crippen LogP contribution is -2.67. The number of fused-ring (bicyclic) bond motifs is 7. The molecule has 220 valence electrons. The van der Waals surface area contributed by atoms with Gasteiger partial charge in [-0.3, -0.25) is 0 Å². The van der Waals surface area contributed by atoms with Gasteiger partial charge >= 0.3 is 5.97 Å². The van der Waals surface area contributed by atoms with Crippen LogP contribution in [0.1, 0.15) is 122 Å². The third-order valence-corrected chi connectivity index (χ3v) is 14.6. The second-order valence-corrected chi connectivity index (χ2v) is 16.5. The summed E-state index contributed by atoms with van der Waals surface area (Å²) in [6, 6.07) is 8.13. The number of carbonyl (C=O) groups is 1. The highest BCUT2D eigenvalue weighted by Gasteiger charge is 2.70. The minimum Gasteiger partial charge on any atom is -0.465 e. The minimum absolute atomic E-state index is 0.0807. The van der Waals surface area contributed by atoms with Gasteiger partial charge in [0, 0.05) is 5.54 Å². The van der Waals surface area contributed by atoms with E-state index in [1.165, 1.54) is 69.6 Å². The zero-order valence-electron chi connectivity index (χ0n) is 26.6. The predicted molar refractivity (Wildman–Crippen MR) is 165 cm³/mol. The summed E-state index contributed by atoms with van der Waals surface area (Å²) in [5.74, 6) is 4.16. The van der Waals surface area contributed by atoms with Crippen molar-refractivity contribution in [3.8, 4) is 0 Å². The van der Waals surface area contributed by atoms with E-state index in [1.807, 2.05) is 12.1 Å². The molecule has 2 N–H and O–H groups in total. The molecule has 3 heteroatoms. The van der Waals surface area contributed by atoms with Crippen molar-refractivity contribution < 1.29 is 9.53 Å². The van der Waals surface area contributed by atoms with Gasteiger partial charge < -0.3 is 10.5 Å². The summed E-state index contributed by atoms with van der Waals surface area (Å²) in [6.45, 7) is 18.0. The van der Waals surface area contributed by atoms with E-state index < -0.39 is 0 Å². The largest absolute Gasteiger partial charge is 0.465 e. The molecule has 0 heterocycles. The molecule has 5 aliphatic carbocycles. The van der Waals surface area contributed by atoms with E-state index in [4.69, 9.17) is 10.5 Å². The molecule has 6 rings (SSSR count). The van der Waals surface area contributed by atoms with Crippen LogP contribution in [0.15, 0.2) is 30.3 Å². The molecule has 1 aromatic rings. The Morgan fingerprint density at radius 1 is 0.875 bits per heavy atom. The van der Waals surface area contributed by atoms with Crippen LogP contribution in [0.5, 0.6) is 0 Å². The number of carbonyl (C=O) groups excluding carboxylic acids is 1. The average molecular weight is 546 g/mol. The molecule has 0 amide bonds. The molecule has 3 nitrogen and oxygen atoms in total. The Balaban J connectivity index is 1.34. The van der Waals surface area contributed by atoms with E-state index in [2.05, 4.69) is 66.7 Å². The lowest BCUT2D eigenvalue weighted by Gasteiger charge is -2.72. The molecule has 0 radical (unpaired) electrons. The molecule has 9 atom stereocenters. The summed E-state index contributed by atoms with van der Waals surface area (Å²) < 4.78 is 4.94. The van der Waals surface area contributed by atoms with Gasteiger partial charge in [0.05, 0.1) is 12.7 Å². The summed E-state index contributed by atoms with van der Waals surface area (Å²) >= 11 is 0. The van der Waals surface area contributed by atoms with E-state index in [0.717, 1.165) is 30.1 Å². The monoisotopic (exact) mass is 545 g/mol. The molecule has 0 aromatic heterocycles. The number of hydrogen-bond donors (Lipinski definition) is 1. The summed E-state index contributed by atoms with van der Waals surface area (Å²) in [7, 11) is 1.45. The molecular formula is C37H55NO2. The van der Waals surface area contributed by atoms with Crippen molar-refractivity contribution in [1.29, 1.82) is 0 Å². The molecule has 0 saturated heterocycles. The zero-order chi connectivity index (χ0) is 28.9. The van der Waals surface area contributed by atoms with Gasteiger partial charge in [0.1, 0.15) is 0 Å². The summed E-state index contributed by atoms with van der Waals surface area (Å²) in [5, 5.41) is 0. The predicted octanol–water partition coefficient (Wildman–Crippen LogP) is 8.92. The number of esters is 1. The van der Waals surface area contributed by atoms with Gasteiger partial charge in [-0.1, -0.05) is 66.7 Å². The third kappa shape index (κ3) is 3.67. The molecule has 4 saturated carbocycles. The molecule has 40 heavy (non-hydrogen) atoms. The van der Waals surface area contributed by atoms with Crippen molar-refractivity contribution in [1.82, 2.24) is 0 Å². The number of allylic oxidation sites excluding steroid dienone is 2. The number of hydrogen-bond acceptors (Lipinski definition) is 3. The van der Waals surface area contributed by atoms with E-state index in [1.54, 1.807) is 0 Å². The highest BCUT2D eigenvalue weighted by Crippen LogP contribution is 2.76. The van der Waals surface area contributed by atoms with Crippen LogP contribution in [0, 0.1) is 57.2 Å². The number of nitrogens with two attached hydrogens (primary N) is 1. The van der Waals surface area contributed by atoms with Gasteiger partial charge in [0.25, 0.3) is 0 Å². The number of rotatable bonds is 3. The summed E-state index contributed by atoms with van der Waals surface area (Å²) in [5.41, 5.74) is 11.9. The van der Waals surface area contributed by atoms with Gasteiger partial charge in [0.15, 0.2) is 0 Å². The van der Waals surface area contributed by atoms with Crippen molar-refractivity contribution >= 4 is 11.5 Å². The highest BCUT2D eigenvalue weighted by atomic mass is 16.5. The fraction of sp³-hybridized carbons (Fsp3) is 0.757. The van der Waals surface area contributed by atoms with Crippen LogP contribution < -0.4 is 5.73 Å². The number of methoxy groups -OCH3 is 1. The summed E-state index contributed by atoms with van der Waals surface area (Å²) in [6.07, 6.45) is 14.3. The maximum Gasteiger partial charge on any atom is 0.337 e. The maximum absolute atomic E-state index is 12.0. The fourth-order valence-corrected chi connectivity index (χ4v) is 12.5. The van der Waals surface area contributed by atoms with Gasteiger partial charge in [-0.05, 0) is 138 Å². The molecule has 4 fully saturated rings. The number of benzene rings is 1. The highest BCUT2D eigenvalue weighted by molar-refractivity contribution is 5.89. The quantitative estimate of drug-likeness (QED) is 0.386. The molecule has 0 spiro atoms. The second kappa shape index (κ2) is 9.19. The van der Waals surface area contributed by atoms with Crippen molar-refractivity contribution in [2.45, 2.75) is 112 Å². The first-order chi connectivity index (χ1) is 18.7. The van der Waals surface area contributed by atoms with Crippen molar-refractivity contribution in [2.24, 2.45) is 62.9 Å². The smallest absolute Gasteiger partial charge is 0.337 e. The first-order valence-electron chi connectivity index (χ1n) is 16.4. The lowest BCUT2D eigenvalue weighted by molar-refractivity contribution is -0.219. The summed E-state index contributed by atoms with van der Waals surface area (Å²) in [4.78, 5) is 12.0. The Hall–Kier alpha value is -1.61. The molecule has 0 bridgehead atoms. The standard InChI is InChI=1S/C37H55NO2/c1-23(2)26-15-20-37(38)22-21-35(6)28(31(26)37)13-14-30-34(5)18-16-27(24-9-11-25(12-10-24)32(39)40-8)33(3,4)29(34)17-19-36(30,35)7/h9-12,16,23,26,28-31H,13-15,17-22,38H2,1-8H3/t26-,28+,29?,30?,31?,34-,35+,36+,37-/m0/s1. The normalized spacial score (nSPS) is 45.5. The Morgan fingerprint density at radius 3 is 2.23 bits per heavy atom. The van der Waals surface area contributed by atoms with Gasteiger partial charge in [-0.15, -0.1) is 0 Å². The van der Waals surface area contributed by atoms with Crippen LogP contribution in [0.2, 0.25) is 0 Å². The first-order valence-corrected chi connectivity index (χ1v) is 16.4. The van der Waals surface area contributed by atoms with Gasteiger partial charge in [-0.2, -0.15) is 0 Å². The van der Waals surface area contributed by atoms with Crippen LogP contribution in [0.4, 0.5) is 0 Å². The van der Waals surface area contributed by atoms with Crippen molar-refractivity contribution in [3.05, 3.63) is 41.5 Å². The van der Waals surface area contributed by atoms with E-state index >= 15 is 0 Å². The van der Waals surface area contributed by atoms with Crippen LogP contribution in [0.3, 0.4) is 0 Å². The Kier molecular flexibility index (Phi) is 6.55. The molecular weight excluding hydrogens is 490 g/mol. The van der Waals surface area contributed by atoms with Crippen LogP contribution in [0.25, 0.3) is 5.57 Å². The van der Waals surface area contributed by atoms with E-state index in [0.29, 0.717) is 33.6 Å². The Bertz CT molecular complexity index is 1200. The van der Waals surface area contributed by atoms with Gasteiger partial charge in [0.2, 0.25) is 0 Å². The average Bonchev–Trinajstić information content (AvgIpc) is 3.26.